The summed E-state index contributed by atoms with van der Waals surface area (Å²) in [5.74, 6) is -0.678. The molecule has 0 radical (unpaired) electrons. The maximum absolute atomic E-state index is 12.0. The molecule has 0 aromatic heterocycles. The van der Waals surface area contributed by atoms with Gasteiger partial charge in [0, 0.05) is 17.8 Å². The average molecular weight is 300 g/mol. The Balaban J connectivity index is 1.63. The van der Waals surface area contributed by atoms with Crippen molar-refractivity contribution in [3.05, 3.63) is 42.5 Å². The predicted octanol–water partition coefficient (Wildman–Crippen LogP) is 2.08. The van der Waals surface area contributed by atoms with Crippen molar-refractivity contribution in [1.82, 2.24) is 4.90 Å². The number of carbonyl (C=O) groups is 3. The van der Waals surface area contributed by atoms with Gasteiger partial charge in [0.05, 0.1) is 6.04 Å². The van der Waals surface area contributed by atoms with Crippen LogP contribution in [0.15, 0.2) is 42.5 Å². The molecule has 1 aliphatic heterocycles. The lowest BCUT2D eigenvalue weighted by Gasteiger charge is -2.27. The number of anilines is 1. The van der Waals surface area contributed by atoms with E-state index in [0.717, 1.165) is 6.42 Å². The zero-order valence-electron chi connectivity index (χ0n) is 11.9. The first-order chi connectivity index (χ1) is 10.6. The van der Waals surface area contributed by atoms with E-state index in [9.17, 15) is 14.4 Å². The molecule has 1 heterocycles. The van der Waals surface area contributed by atoms with Crippen LogP contribution >= 0.6 is 0 Å². The quantitative estimate of drug-likeness (QED) is 0.867. The summed E-state index contributed by atoms with van der Waals surface area (Å²) in [6, 6.07) is 8.59. The summed E-state index contributed by atoms with van der Waals surface area (Å²) in [4.78, 5) is 36.7. The molecule has 1 fully saturated rings. The number of amides is 3. The van der Waals surface area contributed by atoms with Gasteiger partial charge in [-0.25, -0.2) is 4.79 Å². The summed E-state index contributed by atoms with van der Waals surface area (Å²) in [6.45, 7) is 0. The number of carbonyl (C=O) groups excluding carboxylic acids is 3. The van der Waals surface area contributed by atoms with Crippen LogP contribution in [0, 0.1) is 0 Å². The van der Waals surface area contributed by atoms with Crippen LogP contribution in [-0.4, -0.2) is 35.0 Å². The highest BCUT2D eigenvalue weighted by Gasteiger charge is 2.41. The normalized spacial score (nSPS) is 23.9. The van der Waals surface area contributed by atoms with E-state index in [0.29, 0.717) is 18.5 Å². The van der Waals surface area contributed by atoms with Gasteiger partial charge < -0.3 is 4.74 Å². The molecule has 1 N–H and O–H groups in total. The summed E-state index contributed by atoms with van der Waals surface area (Å²) < 4.78 is 5.41. The molecule has 1 saturated carbocycles. The first-order valence-corrected chi connectivity index (χ1v) is 7.23. The number of para-hydroxylation sites is 1. The van der Waals surface area contributed by atoms with Crippen LogP contribution in [0.25, 0.3) is 0 Å². The van der Waals surface area contributed by atoms with Gasteiger partial charge in [-0.1, -0.05) is 18.2 Å². The van der Waals surface area contributed by atoms with Crippen molar-refractivity contribution in [3.63, 3.8) is 0 Å². The maximum atomic E-state index is 12.0. The fraction of sp³-hybridized carbons (Fsp3) is 0.312. The second-order valence-corrected chi connectivity index (χ2v) is 5.31. The van der Waals surface area contributed by atoms with E-state index in [-0.39, 0.29) is 17.9 Å². The van der Waals surface area contributed by atoms with Crippen LogP contribution in [0.2, 0.25) is 0 Å². The molecule has 1 aromatic carbocycles. The van der Waals surface area contributed by atoms with Crippen molar-refractivity contribution < 1.29 is 19.1 Å². The molecule has 1 aromatic rings. The topological polar surface area (TPSA) is 75.7 Å². The molecule has 1 aliphatic carbocycles. The number of hydrogen-bond donors (Lipinski definition) is 1. The lowest BCUT2D eigenvalue weighted by Crippen LogP contribution is -2.46. The Hall–Kier alpha value is -2.63. The molecular formula is C16H16N2O4. The van der Waals surface area contributed by atoms with Gasteiger partial charge in [-0.05, 0) is 31.4 Å². The van der Waals surface area contributed by atoms with E-state index >= 15 is 0 Å². The van der Waals surface area contributed by atoms with E-state index in [4.69, 9.17) is 4.74 Å². The molecule has 0 spiro atoms. The number of imide groups is 1. The van der Waals surface area contributed by atoms with Crippen molar-refractivity contribution in [3.8, 4) is 0 Å². The minimum Gasteiger partial charge on any atom is -0.444 e. The zero-order valence-corrected chi connectivity index (χ0v) is 11.9. The Morgan fingerprint density at radius 2 is 1.77 bits per heavy atom. The van der Waals surface area contributed by atoms with Crippen molar-refractivity contribution >= 4 is 23.6 Å². The van der Waals surface area contributed by atoms with Crippen molar-refractivity contribution in [2.45, 2.75) is 31.4 Å². The second-order valence-electron chi connectivity index (χ2n) is 5.31. The SMILES string of the molecule is O=C(Nc1ccccc1)O[C@H]1CCC[C@@H]1N1C(=O)C=CC1=O. The minimum absolute atomic E-state index is 0.339. The van der Waals surface area contributed by atoms with E-state index in [2.05, 4.69) is 5.32 Å². The molecule has 0 unspecified atom stereocenters. The molecule has 0 bridgehead atoms. The zero-order chi connectivity index (χ0) is 15.5. The number of ether oxygens (including phenoxy) is 1. The minimum atomic E-state index is -0.574. The fourth-order valence-electron chi connectivity index (χ4n) is 2.88. The van der Waals surface area contributed by atoms with Gasteiger partial charge >= 0.3 is 6.09 Å². The molecule has 0 saturated heterocycles. The first-order valence-electron chi connectivity index (χ1n) is 7.23. The summed E-state index contributed by atoms with van der Waals surface area (Å²) in [5, 5.41) is 2.64. The molecule has 3 amide bonds. The lowest BCUT2D eigenvalue weighted by atomic mass is 10.2. The smallest absolute Gasteiger partial charge is 0.411 e. The summed E-state index contributed by atoms with van der Waals surface area (Å²) in [6.07, 6.45) is 3.58. The van der Waals surface area contributed by atoms with Crippen LogP contribution in [-0.2, 0) is 14.3 Å². The van der Waals surface area contributed by atoms with Gasteiger partial charge in [0.2, 0.25) is 0 Å². The van der Waals surface area contributed by atoms with Crippen LogP contribution in [0.5, 0.6) is 0 Å². The molecule has 114 valence electrons. The van der Waals surface area contributed by atoms with Crippen LogP contribution in [0.3, 0.4) is 0 Å². The number of nitrogens with zero attached hydrogens (tertiary/aromatic N) is 1. The molecule has 22 heavy (non-hydrogen) atoms. The highest BCUT2D eigenvalue weighted by atomic mass is 16.6. The van der Waals surface area contributed by atoms with Crippen molar-refractivity contribution in [2.24, 2.45) is 0 Å². The predicted molar refractivity (Wildman–Crippen MR) is 79.0 cm³/mol. The van der Waals surface area contributed by atoms with Gasteiger partial charge in [-0.15, -0.1) is 0 Å². The molecular weight excluding hydrogens is 284 g/mol. The number of benzene rings is 1. The highest BCUT2D eigenvalue weighted by Crippen LogP contribution is 2.29. The van der Waals surface area contributed by atoms with Crippen LogP contribution < -0.4 is 5.32 Å². The van der Waals surface area contributed by atoms with E-state index in [1.54, 1.807) is 24.3 Å². The van der Waals surface area contributed by atoms with E-state index in [1.165, 1.54) is 17.1 Å². The Bertz CT molecular complexity index is 608. The summed E-state index contributed by atoms with van der Waals surface area (Å²) >= 11 is 0. The number of hydrogen-bond acceptors (Lipinski definition) is 4. The Morgan fingerprint density at radius 3 is 2.45 bits per heavy atom. The second kappa shape index (κ2) is 6.01. The highest BCUT2D eigenvalue weighted by molar-refractivity contribution is 6.13. The maximum Gasteiger partial charge on any atom is 0.411 e. The van der Waals surface area contributed by atoms with Gasteiger partial charge in [0.15, 0.2) is 0 Å². The van der Waals surface area contributed by atoms with Crippen molar-refractivity contribution in [2.75, 3.05) is 5.32 Å². The average Bonchev–Trinajstić information content (AvgIpc) is 3.06. The molecule has 2 aliphatic rings. The monoisotopic (exact) mass is 300 g/mol. The lowest BCUT2D eigenvalue weighted by molar-refractivity contribution is -0.141. The van der Waals surface area contributed by atoms with Gasteiger partial charge in [-0.2, -0.15) is 0 Å². The van der Waals surface area contributed by atoms with Crippen LogP contribution in [0.4, 0.5) is 10.5 Å². The summed E-state index contributed by atoms with van der Waals surface area (Å²) in [5.41, 5.74) is 0.636. The first kappa shape index (κ1) is 14.3. The number of nitrogens with one attached hydrogen (secondary N) is 1. The standard InChI is InChI=1S/C16H16N2O4/c19-14-9-10-15(20)18(14)12-7-4-8-13(12)22-16(21)17-11-5-2-1-3-6-11/h1-3,5-6,9-10,12-13H,4,7-8H2,(H,17,21)/t12-,13-/m0/s1. The van der Waals surface area contributed by atoms with Gasteiger partial charge in [0.25, 0.3) is 11.8 Å². The van der Waals surface area contributed by atoms with Gasteiger partial charge in [-0.3, -0.25) is 19.8 Å². The number of rotatable bonds is 3. The molecule has 2 atom stereocenters. The largest absolute Gasteiger partial charge is 0.444 e. The molecule has 6 heteroatoms. The Labute approximate surface area is 127 Å². The van der Waals surface area contributed by atoms with E-state index < -0.39 is 12.2 Å². The molecule has 3 rings (SSSR count). The van der Waals surface area contributed by atoms with Crippen LogP contribution in [0.1, 0.15) is 19.3 Å². The Morgan fingerprint density at radius 1 is 1.09 bits per heavy atom. The Kier molecular flexibility index (Phi) is 3.91. The third-order valence-electron chi connectivity index (χ3n) is 3.87. The fourth-order valence-corrected chi connectivity index (χ4v) is 2.88. The third kappa shape index (κ3) is 2.86. The van der Waals surface area contributed by atoms with Gasteiger partial charge in [0.1, 0.15) is 6.10 Å². The summed E-state index contributed by atoms with van der Waals surface area (Å²) in [7, 11) is 0. The molecule has 6 nitrogen and oxygen atoms in total. The third-order valence-corrected chi connectivity index (χ3v) is 3.87. The van der Waals surface area contributed by atoms with Crippen molar-refractivity contribution in [1.29, 1.82) is 0 Å². The van der Waals surface area contributed by atoms with E-state index in [1.807, 2.05) is 6.07 Å².